The van der Waals surface area contributed by atoms with Crippen LogP contribution in [0.3, 0.4) is 0 Å². The molecule has 0 radical (unpaired) electrons. The van der Waals surface area contributed by atoms with Gasteiger partial charge in [-0.3, -0.25) is 9.59 Å². The molecule has 0 aliphatic carbocycles. The van der Waals surface area contributed by atoms with Gasteiger partial charge < -0.3 is 15.4 Å². The Morgan fingerprint density at radius 3 is 2.03 bits per heavy atom. The third-order valence-electron chi connectivity index (χ3n) is 3.95. The Kier molecular flexibility index (Phi) is 9.24. The summed E-state index contributed by atoms with van der Waals surface area (Å²) in [5.41, 5.74) is 1.82. The van der Waals surface area contributed by atoms with Crippen LogP contribution in [0.15, 0.2) is 53.4 Å². The minimum atomic E-state index is -0.383. The fraction of sp³-hybridized carbons (Fsp3) is 0.318. The van der Waals surface area contributed by atoms with Crippen molar-refractivity contribution in [2.45, 2.75) is 38.0 Å². The summed E-state index contributed by atoms with van der Waals surface area (Å²) in [4.78, 5) is 36.4. The second-order valence-corrected chi connectivity index (χ2v) is 7.36. The van der Waals surface area contributed by atoms with Crippen molar-refractivity contribution in [1.82, 2.24) is 0 Å². The van der Waals surface area contributed by atoms with E-state index in [-0.39, 0.29) is 23.5 Å². The van der Waals surface area contributed by atoms with E-state index in [1.165, 1.54) is 11.8 Å². The third kappa shape index (κ3) is 7.99. The molecule has 7 heteroatoms. The summed E-state index contributed by atoms with van der Waals surface area (Å²) >= 11 is 1.41. The zero-order valence-electron chi connectivity index (χ0n) is 16.7. The van der Waals surface area contributed by atoms with Crippen molar-refractivity contribution in [3.05, 3.63) is 54.1 Å². The highest BCUT2D eigenvalue weighted by atomic mass is 32.2. The monoisotopic (exact) mass is 414 g/mol. The number of nitrogens with one attached hydrogen (secondary N) is 2. The Labute approximate surface area is 175 Å². The molecule has 2 aromatic rings. The van der Waals surface area contributed by atoms with Gasteiger partial charge in [0.15, 0.2) is 0 Å². The lowest BCUT2D eigenvalue weighted by Crippen LogP contribution is -2.14. The van der Waals surface area contributed by atoms with Crippen molar-refractivity contribution >= 4 is 40.9 Å². The van der Waals surface area contributed by atoms with Crippen molar-refractivity contribution in [3.63, 3.8) is 0 Å². The van der Waals surface area contributed by atoms with E-state index in [0.717, 1.165) is 23.4 Å². The zero-order chi connectivity index (χ0) is 21.1. The highest BCUT2D eigenvalue weighted by Gasteiger charge is 2.08. The predicted octanol–water partition coefficient (Wildman–Crippen LogP) is 4.72. The van der Waals surface area contributed by atoms with Crippen molar-refractivity contribution in [1.29, 1.82) is 0 Å². The first kappa shape index (κ1) is 22.5. The van der Waals surface area contributed by atoms with Crippen molar-refractivity contribution in [3.8, 4) is 0 Å². The number of carbonyl (C=O) groups is 3. The fourth-order valence-electron chi connectivity index (χ4n) is 2.45. The van der Waals surface area contributed by atoms with E-state index in [9.17, 15) is 14.4 Å². The SMILES string of the molecule is CCCCC(=O)Nc1ccc(SCC(=O)Nc2ccc(C(=O)OCC)cc2)cc1. The highest BCUT2D eigenvalue weighted by molar-refractivity contribution is 8.00. The van der Waals surface area contributed by atoms with Gasteiger partial charge in [-0.15, -0.1) is 11.8 Å². The smallest absolute Gasteiger partial charge is 0.338 e. The van der Waals surface area contributed by atoms with Crippen molar-refractivity contribution in [2.24, 2.45) is 0 Å². The van der Waals surface area contributed by atoms with E-state index in [4.69, 9.17) is 4.74 Å². The summed E-state index contributed by atoms with van der Waals surface area (Å²) < 4.78 is 4.93. The second-order valence-electron chi connectivity index (χ2n) is 6.31. The number of carbonyl (C=O) groups excluding carboxylic acids is 3. The molecule has 2 amide bonds. The molecule has 0 aliphatic heterocycles. The van der Waals surface area contributed by atoms with Gasteiger partial charge in [-0.2, -0.15) is 0 Å². The molecule has 154 valence electrons. The molecule has 0 saturated carbocycles. The molecule has 0 unspecified atom stereocenters. The predicted molar refractivity (Wildman–Crippen MR) is 116 cm³/mol. The van der Waals surface area contributed by atoms with Crippen LogP contribution in [0.2, 0.25) is 0 Å². The Balaban J connectivity index is 1.78. The summed E-state index contributed by atoms with van der Waals surface area (Å²) in [6, 6.07) is 14.0. The molecule has 0 spiro atoms. The average Bonchev–Trinajstić information content (AvgIpc) is 2.72. The molecule has 29 heavy (non-hydrogen) atoms. The molecule has 6 nitrogen and oxygen atoms in total. The van der Waals surface area contributed by atoms with E-state index >= 15 is 0 Å². The first-order valence-corrected chi connectivity index (χ1v) is 10.6. The van der Waals surface area contributed by atoms with Gasteiger partial charge in [-0.05, 0) is 61.9 Å². The van der Waals surface area contributed by atoms with Crippen molar-refractivity contribution < 1.29 is 19.1 Å². The van der Waals surface area contributed by atoms with E-state index in [2.05, 4.69) is 10.6 Å². The minimum absolute atomic E-state index is 0.0145. The Morgan fingerprint density at radius 2 is 1.45 bits per heavy atom. The molecule has 2 rings (SSSR count). The summed E-state index contributed by atoms with van der Waals surface area (Å²) in [6.07, 6.45) is 2.38. The van der Waals surface area contributed by atoms with Crippen LogP contribution < -0.4 is 10.6 Å². The lowest BCUT2D eigenvalue weighted by atomic mass is 10.2. The van der Waals surface area contributed by atoms with E-state index < -0.39 is 0 Å². The standard InChI is InChI=1S/C22H26N2O4S/c1-3-5-6-20(25)23-18-11-13-19(14-12-18)29-15-21(26)24-17-9-7-16(8-10-17)22(27)28-4-2/h7-14H,3-6,15H2,1-2H3,(H,23,25)(H,24,26). The van der Waals surface area contributed by atoms with Crippen LogP contribution in [0.25, 0.3) is 0 Å². The molecule has 0 bridgehead atoms. The van der Waals surface area contributed by atoms with E-state index in [1.807, 2.05) is 31.2 Å². The Bertz CT molecular complexity index is 820. The number of ether oxygens (including phenoxy) is 1. The number of anilines is 2. The van der Waals surface area contributed by atoms with Gasteiger partial charge in [0.2, 0.25) is 11.8 Å². The Morgan fingerprint density at radius 1 is 0.862 bits per heavy atom. The van der Waals surface area contributed by atoms with E-state index in [1.54, 1.807) is 31.2 Å². The molecule has 0 heterocycles. The molecular weight excluding hydrogens is 388 g/mol. The van der Waals surface area contributed by atoms with Gasteiger partial charge >= 0.3 is 5.97 Å². The lowest BCUT2D eigenvalue weighted by molar-refractivity contribution is -0.116. The molecule has 2 aromatic carbocycles. The number of rotatable bonds is 10. The summed E-state index contributed by atoms with van der Waals surface area (Å²) in [5.74, 6) is -0.260. The quantitative estimate of drug-likeness (QED) is 0.434. The van der Waals surface area contributed by atoms with Gasteiger partial charge in [0.1, 0.15) is 0 Å². The van der Waals surface area contributed by atoms with Crippen LogP contribution in [0.5, 0.6) is 0 Å². The topological polar surface area (TPSA) is 84.5 Å². The Hall–Kier alpha value is -2.80. The number of benzene rings is 2. The van der Waals surface area contributed by atoms with Gasteiger partial charge in [0, 0.05) is 22.7 Å². The van der Waals surface area contributed by atoms with Crippen LogP contribution in [-0.4, -0.2) is 30.1 Å². The molecular formula is C22H26N2O4S. The second kappa shape index (κ2) is 11.9. The molecule has 0 fully saturated rings. The van der Waals surface area contributed by atoms with Gasteiger partial charge in [-0.1, -0.05) is 13.3 Å². The average molecular weight is 415 g/mol. The molecule has 0 aromatic heterocycles. The zero-order valence-corrected chi connectivity index (χ0v) is 17.5. The summed E-state index contributed by atoms with van der Waals surface area (Å²) in [7, 11) is 0. The normalized spacial score (nSPS) is 10.3. The number of hydrogen-bond acceptors (Lipinski definition) is 5. The van der Waals surface area contributed by atoms with Gasteiger partial charge in [-0.25, -0.2) is 4.79 Å². The molecule has 0 atom stereocenters. The summed E-state index contributed by atoms with van der Waals surface area (Å²) in [5, 5.41) is 5.66. The molecule has 0 saturated heterocycles. The number of thioether (sulfide) groups is 1. The number of esters is 1. The molecule has 0 aliphatic rings. The van der Waals surface area contributed by atoms with Crippen molar-refractivity contribution in [2.75, 3.05) is 23.0 Å². The maximum absolute atomic E-state index is 12.1. The van der Waals surface area contributed by atoms with Crippen LogP contribution in [0.4, 0.5) is 11.4 Å². The number of hydrogen-bond donors (Lipinski definition) is 2. The number of amides is 2. The van der Waals surface area contributed by atoms with Gasteiger partial charge in [0.05, 0.1) is 17.9 Å². The first-order valence-electron chi connectivity index (χ1n) is 9.61. The maximum Gasteiger partial charge on any atom is 0.338 e. The third-order valence-corrected chi connectivity index (χ3v) is 4.96. The largest absolute Gasteiger partial charge is 0.462 e. The first-order chi connectivity index (χ1) is 14.0. The highest BCUT2D eigenvalue weighted by Crippen LogP contribution is 2.21. The number of unbranched alkanes of at least 4 members (excludes halogenated alkanes) is 1. The minimum Gasteiger partial charge on any atom is -0.462 e. The van der Waals surface area contributed by atoms with Gasteiger partial charge in [0.25, 0.3) is 0 Å². The fourth-order valence-corrected chi connectivity index (χ4v) is 3.14. The van der Waals surface area contributed by atoms with Crippen LogP contribution in [-0.2, 0) is 14.3 Å². The summed E-state index contributed by atoms with van der Waals surface area (Å²) in [6.45, 7) is 4.12. The van der Waals surface area contributed by atoms with Crippen LogP contribution in [0, 0.1) is 0 Å². The lowest BCUT2D eigenvalue weighted by Gasteiger charge is -2.08. The molecule has 2 N–H and O–H groups in total. The van der Waals surface area contributed by atoms with Crippen LogP contribution in [0.1, 0.15) is 43.5 Å². The van der Waals surface area contributed by atoms with Crippen LogP contribution >= 0.6 is 11.8 Å². The maximum atomic E-state index is 12.1. The van der Waals surface area contributed by atoms with E-state index in [0.29, 0.717) is 24.3 Å².